The highest BCUT2D eigenvalue weighted by Gasteiger charge is 2.40. The molecule has 3 rings (SSSR count). The average Bonchev–Trinajstić information content (AvgIpc) is 3.19. The molecule has 0 unspecified atom stereocenters. The van der Waals surface area contributed by atoms with E-state index in [-0.39, 0.29) is 24.9 Å². The maximum absolute atomic E-state index is 12.6. The number of H-pyrrole nitrogens is 1. The van der Waals surface area contributed by atoms with E-state index in [1.165, 1.54) is 0 Å². The zero-order valence-corrected chi connectivity index (χ0v) is 15.5. The van der Waals surface area contributed by atoms with Crippen LogP contribution in [-0.4, -0.2) is 75.2 Å². The Labute approximate surface area is 161 Å². The Morgan fingerprint density at radius 2 is 2.18 bits per heavy atom. The third kappa shape index (κ3) is 5.10. The molecule has 1 aromatic heterocycles. The molecule has 0 saturated carbocycles. The third-order valence-electron chi connectivity index (χ3n) is 4.29. The fraction of sp³-hybridized carbons (Fsp3) is 0.412. The Kier molecular flexibility index (Phi) is 7.57. The lowest BCUT2D eigenvalue weighted by Crippen LogP contribution is -2.53. The van der Waals surface area contributed by atoms with Crippen LogP contribution in [-0.2, 0) is 25.5 Å². The molecule has 28 heavy (non-hydrogen) atoms. The number of aromatic amines is 1. The van der Waals surface area contributed by atoms with Crippen LogP contribution in [0.1, 0.15) is 23.0 Å². The molecule has 2 amide bonds. The minimum absolute atomic E-state index is 0.109. The standard InChI is InChI=1S/C16H20N6O3.CH2O2/c1-10-5-3-4-6-11(10)14-15(25-9-13(23)22(14)2)16(24)17-8-7-12-18-20-21-19-12;2-1-3/h3-6,14-15H,7-9H2,1-2H3,(H,17,24)(H,18,19,20,21);1H,(H,2,3)/t14-,15+;/m1./s1. The van der Waals surface area contributed by atoms with Gasteiger partial charge in [0, 0.05) is 20.0 Å². The van der Waals surface area contributed by atoms with Crippen LogP contribution in [0.2, 0.25) is 0 Å². The number of ether oxygens (including phenoxy) is 1. The number of morpholine rings is 1. The van der Waals surface area contributed by atoms with E-state index in [4.69, 9.17) is 14.6 Å². The van der Waals surface area contributed by atoms with Crippen LogP contribution in [0.5, 0.6) is 0 Å². The molecule has 0 bridgehead atoms. The van der Waals surface area contributed by atoms with Crippen LogP contribution in [0, 0.1) is 6.92 Å². The number of tetrazole rings is 1. The lowest BCUT2D eigenvalue weighted by Gasteiger charge is -2.38. The van der Waals surface area contributed by atoms with Crippen molar-refractivity contribution in [3.63, 3.8) is 0 Å². The third-order valence-corrected chi connectivity index (χ3v) is 4.29. The Balaban J connectivity index is 0.000000878. The normalized spacial score (nSPS) is 18.8. The SMILES string of the molecule is Cc1ccccc1[C@@H]1[C@@H](C(=O)NCCc2nn[nH]n2)OCC(=O)N1C.O=CO. The van der Waals surface area contributed by atoms with Gasteiger partial charge < -0.3 is 20.1 Å². The second kappa shape index (κ2) is 10.1. The van der Waals surface area contributed by atoms with Gasteiger partial charge in [-0.25, -0.2) is 0 Å². The number of amides is 2. The van der Waals surface area contributed by atoms with Crippen LogP contribution >= 0.6 is 0 Å². The molecule has 1 aromatic carbocycles. The van der Waals surface area contributed by atoms with Gasteiger partial charge in [-0.05, 0) is 18.1 Å². The molecule has 150 valence electrons. The van der Waals surface area contributed by atoms with Gasteiger partial charge >= 0.3 is 0 Å². The Bertz CT molecular complexity index is 797. The Hall–Kier alpha value is -3.34. The van der Waals surface area contributed by atoms with E-state index in [1.807, 2.05) is 31.2 Å². The van der Waals surface area contributed by atoms with Gasteiger partial charge in [0.25, 0.3) is 12.4 Å². The number of aromatic nitrogens is 4. The van der Waals surface area contributed by atoms with Gasteiger partial charge in [-0.15, -0.1) is 10.2 Å². The number of likely N-dealkylation sites (N-methyl/N-ethyl adjacent to an activating group) is 1. The van der Waals surface area contributed by atoms with Gasteiger partial charge in [-0.2, -0.15) is 5.21 Å². The van der Waals surface area contributed by atoms with Crippen LogP contribution in [0.4, 0.5) is 0 Å². The number of hydrogen-bond donors (Lipinski definition) is 3. The predicted molar refractivity (Wildman–Crippen MR) is 96.0 cm³/mol. The first-order chi connectivity index (χ1) is 13.5. The highest BCUT2D eigenvalue weighted by molar-refractivity contribution is 5.86. The van der Waals surface area contributed by atoms with Crippen molar-refractivity contribution in [2.75, 3.05) is 20.2 Å². The largest absolute Gasteiger partial charge is 0.483 e. The van der Waals surface area contributed by atoms with Gasteiger partial charge in [-0.3, -0.25) is 14.4 Å². The molecule has 3 N–H and O–H groups in total. The van der Waals surface area contributed by atoms with Crippen molar-refractivity contribution in [3.8, 4) is 0 Å². The monoisotopic (exact) mass is 390 g/mol. The molecular formula is C17H22N6O5. The van der Waals surface area contributed by atoms with Crippen molar-refractivity contribution in [2.24, 2.45) is 0 Å². The van der Waals surface area contributed by atoms with Gasteiger partial charge in [0.05, 0.1) is 6.04 Å². The van der Waals surface area contributed by atoms with Crippen LogP contribution < -0.4 is 5.32 Å². The zero-order valence-electron chi connectivity index (χ0n) is 15.5. The maximum atomic E-state index is 12.6. The number of carbonyl (C=O) groups is 3. The molecular weight excluding hydrogens is 368 g/mol. The molecule has 2 aromatic rings. The van der Waals surface area contributed by atoms with E-state index in [0.717, 1.165) is 11.1 Å². The number of nitrogens with one attached hydrogen (secondary N) is 2. The molecule has 2 heterocycles. The van der Waals surface area contributed by atoms with E-state index in [2.05, 4.69) is 25.9 Å². The summed E-state index contributed by atoms with van der Waals surface area (Å²) in [6.07, 6.45) is -0.312. The number of carbonyl (C=O) groups excluding carboxylic acids is 2. The van der Waals surface area contributed by atoms with Gasteiger partial charge in [-0.1, -0.05) is 29.5 Å². The molecule has 0 aliphatic carbocycles. The first kappa shape index (κ1) is 21.0. The molecule has 1 aliphatic heterocycles. The second-order valence-corrected chi connectivity index (χ2v) is 6.01. The minimum Gasteiger partial charge on any atom is -0.483 e. The number of nitrogens with zero attached hydrogens (tertiary/aromatic N) is 4. The lowest BCUT2D eigenvalue weighted by molar-refractivity contribution is -0.162. The smallest absolute Gasteiger partial charge is 0.290 e. The van der Waals surface area contributed by atoms with Crippen LogP contribution in [0.15, 0.2) is 24.3 Å². The topological polar surface area (TPSA) is 150 Å². The molecule has 0 radical (unpaired) electrons. The Morgan fingerprint density at radius 3 is 2.82 bits per heavy atom. The average molecular weight is 390 g/mol. The summed E-state index contributed by atoms with van der Waals surface area (Å²) in [5.41, 5.74) is 1.90. The zero-order chi connectivity index (χ0) is 20.5. The van der Waals surface area contributed by atoms with Crippen LogP contribution in [0.25, 0.3) is 0 Å². The maximum Gasteiger partial charge on any atom is 0.290 e. The number of benzene rings is 1. The van der Waals surface area contributed by atoms with Gasteiger partial charge in [0.15, 0.2) is 11.9 Å². The summed E-state index contributed by atoms with van der Waals surface area (Å²) < 4.78 is 5.58. The quantitative estimate of drug-likeness (QED) is 0.576. The molecule has 11 nitrogen and oxygen atoms in total. The first-order valence-electron chi connectivity index (χ1n) is 8.50. The van der Waals surface area contributed by atoms with E-state index < -0.39 is 12.1 Å². The van der Waals surface area contributed by atoms with E-state index in [0.29, 0.717) is 18.8 Å². The summed E-state index contributed by atoms with van der Waals surface area (Å²) >= 11 is 0. The lowest BCUT2D eigenvalue weighted by atomic mass is 9.94. The second-order valence-electron chi connectivity index (χ2n) is 6.01. The number of carboxylic acid groups (broad SMARTS) is 1. The summed E-state index contributed by atoms with van der Waals surface area (Å²) in [7, 11) is 1.70. The summed E-state index contributed by atoms with van der Waals surface area (Å²) in [5, 5.41) is 23.2. The number of aryl methyl sites for hydroxylation is 1. The number of hydrogen-bond acceptors (Lipinski definition) is 7. The highest BCUT2D eigenvalue weighted by Crippen LogP contribution is 2.31. The fourth-order valence-corrected chi connectivity index (χ4v) is 2.91. The summed E-state index contributed by atoms with van der Waals surface area (Å²) in [6, 6.07) is 7.21. The van der Waals surface area contributed by atoms with Crippen LogP contribution in [0.3, 0.4) is 0 Å². The van der Waals surface area contributed by atoms with E-state index in [1.54, 1.807) is 11.9 Å². The number of rotatable bonds is 5. The van der Waals surface area contributed by atoms with Crippen molar-refractivity contribution in [1.82, 2.24) is 30.8 Å². The van der Waals surface area contributed by atoms with Crippen molar-refractivity contribution >= 4 is 18.3 Å². The molecule has 2 atom stereocenters. The summed E-state index contributed by atoms with van der Waals surface area (Å²) in [4.78, 5) is 34.6. The van der Waals surface area contributed by atoms with Gasteiger partial charge in [0.1, 0.15) is 6.61 Å². The first-order valence-corrected chi connectivity index (χ1v) is 8.50. The summed E-state index contributed by atoms with van der Waals surface area (Å²) in [5.74, 6) is 0.104. The molecule has 1 saturated heterocycles. The molecule has 0 spiro atoms. The van der Waals surface area contributed by atoms with Crippen molar-refractivity contribution in [1.29, 1.82) is 0 Å². The molecule has 1 aliphatic rings. The molecule has 1 fully saturated rings. The minimum atomic E-state index is -0.769. The molecule has 11 heteroatoms. The van der Waals surface area contributed by atoms with E-state index in [9.17, 15) is 9.59 Å². The van der Waals surface area contributed by atoms with Crippen molar-refractivity contribution in [3.05, 3.63) is 41.2 Å². The highest BCUT2D eigenvalue weighted by atomic mass is 16.5. The predicted octanol–water partition coefficient (Wildman–Crippen LogP) is -0.534. The van der Waals surface area contributed by atoms with Gasteiger partial charge in [0.2, 0.25) is 5.91 Å². The fourth-order valence-electron chi connectivity index (χ4n) is 2.91. The Morgan fingerprint density at radius 1 is 1.46 bits per heavy atom. The van der Waals surface area contributed by atoms with Crippen molar-refractivity contribution < 1.29 is 24.2 Å². The van der Waals surface area contributed by atoms with E-state index >= 15 is 0 Å². The summed E-state index contributed by atoms with van der Waals surface area (Å²) in [6.45, 7) is 1.95. The van der Waals surface area contributed by atoms with Crippen molar-refractivity contribution in [2.45, 2.75) is 25.5 Å².